The maximum Gasteiger partial charge on any atom is 0.231 e. The van der Waals surface area contributed by atoms with Crippen molar-refractivity contribution in [2.45, 2.75) is 13.8 Å². The summed E-state index contributed by atoms with van der Waals surface area (Å²) in [7, 11) is 0. The molecule has 0 amide bonds. The maximum absolute atomic E-state index is 12.6. The minimum absolute atomic E-state index is 0.171. The van der Waals surface area contributed by atoms with Gasteiger partial charge in [-0.25, -0.2) is 0 Å². The first-order chi connectivity index (χ1) is 11.9. The molecule has 3 nitrogen and oxygen atoms in total. The summed E-state index contributed by atoms with van der Waals surface area (Å²) in [5.41, 5.74) is 2.95. The lowest BCUT2D eigenvalue weighted by Crippen LogP contribution is -2.00. The molecule has 0 N–H and O–H groups in total. The minimum atomic E-state index is -0.171. The number of carbonyl (C=O) groups is 1. The van der Waals surface area contributed by atoms with E-state index in [-0.39, 0.29) is 11.5 Å². The summed E-state index contributed by atoms with van der Waals surface area (Å²) in [5.74, 6) is 1.27. The fourth-order valence-corrected chi connectivity index (χ4v) is 2.79. The van der Waals surface area contributed by atoms with Crippen molar-refractivity contribution in [2.75, 3.05) is 6.61 Å². The summed E-state index contributed by atoms with van der Waals surface area (Å²) in [4.78, 5) is 12.6. The molecule has 2 aromatic rings. The standard InChI is InChI=1S/C20H16Cl2O3/c1-11(2)10-24-17-7-5-14-19(23)18(25-20(14)12(17)3)9-13-4-6-15(21)16(22)8-13/h4-9H,1,10H2,2-3H3/b18-9-. The van der Waals surface area contributed by atoms with Crippen LogP contribution in [0.2, 0.25) is 10.0 Å². The van der Waals surface area contributed by atoms with Gasteiger partial charge in [-0.15, -0.1) is 0 Å². The number of rotatable bonds is 4. The summed E-state index contributed by atoms with van der Waals surface area (Å²) >= 11 is 11.9. The first-order valence-corrected chi connectivity index (χ1v) is 8.42. The van der Waals surface area contributed by atoms with E-state index in [0.717, 1.165) is 16.7 Å². The van der Waals surface area contributed by atoms with Gasteiger partial charge in [-0.1, -0.05) is 35.8 Å². The zero-order valence-electron chi connectivity index (χ0n) is 13.9. The van der Waals surface area contributed by atoms with E-state index in [1.54, 1.807) is 36.4 Å². The smallest absolute Gasteiger partial charge is 0.231 e. The van der Waals surface area contributed by atoms with Gasteiger partial charge in [0.1, 0.15) is 18.1 Å². The van der Waals surface area contributed by atoms with Crippen molar-refractivity contribution in [1.29, 1.82) is 0 Å². The first kappa shape index (κ1) is 17.6. The lowest BCUT2D eigenvalue weighted by atomic mass is 10.1. The van der Waals surface area contributed by atoms with Gasteiger partial charge in [-0.2, -0.15) is 0 Å². The number of hydrogen-bond acceptors (Lipinski definition) is 3. The van der Waals surface area contributed by atoms with Crippen LogP contribution in [0.25, 0.3) is 6.08 Å². The Kier molecular flexibility index (Phi) is 4.89. The summed E-state index contributed by atoms with van der Waals surface area (Å²) in [6, 6.07) is 8.63. The number of halogens is 2. The molecule has 0 bridgehead atoms. The van der Waals surface area contributed by atoms with Crippen LogP contribution in [0.15, 0.2) is 48.2 Å². The molecule has 0 radical (unpaired) electrons. The molecule has 1 aliphatic rings. The Balaban J connectivity index is 1.92. The summed E-state index contributed by atoms with van der Waals surface area (Å²) < 4.78 is 11.5. The van der Waals surface area contributed by atoms with Crippen molar-refractivity contribution in [1.82, 2.24) is 0 Å². The van der Waals surface area contributed by atoms with Crippen LogP contribution in [0.4, 0.5) is 0 Å². The third-order valence-electron chi connectivity index (χ3n) is 3.75. The molecule has 25 heavy (non-hydrogen) atoms. The van der Waals surface area contributed by atoms with E-state index in [1.807, 2.05) is 13.8 Å². The van der Waals surface area contributed by atoms with E-state index >= 15 is 0 Å². The monoisotopic (exact) mass is 374 g/mol. The SMILES string of the molecule is C=C(C)COc1ccc2c(c1C)O/C(=C\c1ccc(Cl)c(Cl)c1)C2=O. The number of ether oxygens (including phenoxy) is 2. The highest BCUT2D eigenvalue weighted by Gasteiger charge is 2.30. The van der Waals surface area contributed by atoms with Gasteiger partial charge in [0.15, 0.2) is 5.76 Å². The Hall–Kier alpha value is -2.23. The third-order valence-corrected chi connectivity index (χ3v) is 4.49. The quantitative estimate of drug-likeness (QED) is 0.495. The van der Waals surface area contributed by atoms with Crippen LogP contribution in [0.1, 0.15) is 28.4 Å². The second kappa shape index (κ2) is 6.95. The van der Waals surface area contributed by atoms with Crippen LogP contribution in [0, 0.1) is 6.92 Å². The first-order valence-electron chi connectivity index (χ1n) is 7.67. The Morgan fingerprint density at radius 2 is 2.00 bits per heavy atom. The molecule has 0 aromatic heterocycles. The molecular formula is C20H16Cl2O3. The Bertz CT molecular complexity index is 913. The van der Waals surface area contributed by atoms with Crippen molar-refractivity contribution in [2.24, 2.45) is 0 Å². The van der Waals surface area contributed by atoms with Gasteiger partial charge in [0.05, 0.1) is 15.6 Å². The molecule has 0 atom stereocenters. The predicted octanol–water partition coefficient (Wildman–Crippen LogP) is 5.87. The number of allylic oxidation sites excluding steroid dienone is 1. The number of carbonyl (C=O) groups excluding carboxylic acids is 1. The van der Waals surface area contributed by atoms with Crippen molar-refractivity contribution in [3.05, 3.63) is 75.0 Å². The predicted molar refractivity (Wildman–Crippen MR) is 101 cm³/mol. The topological polar surface area (TPSA) is 35.5 Å². The largest absolute Gasteiger partial charge is 0.489 e. The van der Waals surface area contributed by atoms with Crippen LogP contribution in [0.3, 0.4) is 0 Å². The number of ketones is 1. The summed E-state index contributed by atoms with van der Waals surface area (Å²) in [6.45, 7) is 7.99. The van der Waals surface area contributed by atoms with Crippen LogP contribution < -0.4 is 9.47 Å². The lowest BCUT2D eigenvalue weighted by molar-refractivity contribution is 0.101. The highest BCUT2D eigenvalue weighted by atomic mass is 35.5. The highest BCUT2D eigenvalue weighted by molar-refractivity contribution is 6.42. The van der Waals surface area contributed by atoms with E-state index in [1.165, 1.54) is 0 Å². The van der Waals surface area contributed by atoms with E-state index < -0.39 is 0 Å². The fourth-order valence-electron chi connectivity index (χ4n) is 2.48. The molecule has 1 heterocycles. The number of Topliss-reactive ketones (excluding diaryl/α,β-unsaturated/α-hetero) is 1. The van der Waals surface area contributed by atoms with Crippen molar-refractivity contribution in [3.8, 4) is 11.5 Å². The Labute approximate surface area is 156 Å². The Morgan fingerprint density at radius 1 is 1.24 bits per heavy atom. The molecule has 0 unspecified atom stereocenters. The second-order valence-corrected chi connectivity index (χ2v) is 6.74. The highest BCUT2D eigenvalue weighted by Crippen LogP contribution is 2.39. The van der Waals surface area contributed by atoms with Gasteiger partial charge < -0.3 is 9.47 Å². The average Bonchev–Trinajstić information content (AvgIpc) is 2.87. The van der Waals surface area contributed by atoms with E-state index in [9.17, 15) is 4.79 Å². The molecule has 0 aliphatic carbocycles. The zero-order chi connectivity index (χ0) is 18.1. The van der Waals surface area contributed by atoms with Gasteiger partial charge >= 0.3 is 0 Å². The summed E-state index contributed by atoms with van der Waals surface area (Å²) in [5, 5.41) is 0.881. The molecular weight excluding hydrogens is 359 g/mol. The molecule has 3 rings (SSSR count). The summed E-state index contributed by atoms with van der Waals surface area (Å²) in [6.07, 6.45) is 1.65. The average molecular weight is 375 g/mol. The van der Waals surface area contributed by atoms with Crippen molar-refractivity contribution >= 4 is 35.1 Å². The van der Waals surface area contributed by atoms with Gasteiger partial charge in [0, 0.05) is 5.56 Å². The van der Waals surface area contributed by atoms with Crippen molar-refractivity contribution in [3.63, 3.8) is 0 Å². The molecule has 0 fully saturated rings. The number of fused-ring (bicyclic) bond motifs is 1. The molecule has 0 saturated heterocycles. The van der Waals surface area contributed by atoms with Crippen LogP contribution in [-0.2, 0) is 0 Å². The third kappa shape index (κ3) is 3.58. The van der Waals surface area contributed by atoms with Crippen LogP contribution >= 0.6 is 23.2 Å². The van der Waals surface area contributed by atoms with Gasteiger partial charge in [-0.05, 0) is 55.3 Å². The van der Waals surface area contributed by atoms with Gasteiger partial charge in [0.25, 0.3) is 0 Å². The van der Waals surface area contributed by atoms with Gasteiger partial charge in [-0.3, -0.25) is 4.79 Å². The molecule has 128 valence electrons. The molecule has 2 aromatic carbocycles. The molecule has 0 spiro atoms. The van der Waals surface area contributed by atoms with Crippen LogP contribution in [0.5, 0.6) is 11.5 Å². The Morgan fingerprint density at radius 3 is 2.68 bits per heavy atom. The van der Waals surface area contributed by atoms with Gasteiger partial charge in [0.2, 0.25) is 5.78 Å². The van der Waals surface area contributed by atoms with E-state index in [2.05, 4.69) is 6.58 Å². The fraction of sp³-hybridized carbons (Fsp3) is 0.150. The van der Waals surface area contributed by atoms with E-state index in [4.69, 9.17) is 32.7 Å². The van der Waals surface area contributed by atoms with E-state index in [0.29, 0.717) is 33.7 Å². The zero-order valence-corrected chi connectivity index (χ0v) is 15.4. The molecule has 0 saturated carbocycles. The second-order valence-electron chi connectivity index (χ2n) is 5.92. The number of benzene rings is 2. The molecule has 5 heteroatoms. The van der Waals surface area contributed by atoms with Crippen molar-refractivity contribution < 1.29 is 14.3 Å². The van der Waals surface area contributed by atoms with Crippen LogP contribution in [-0.4, -0.2) is 12.4 Å². The molecule has 1 aliphatic heterocycles. The number of hydrogen-bond donors (Lipinski definition) is 0. The normalized spacial score (nSPS) is 14.4. The minimum Gasteiger partial charge on any atom is -0.489 e. The lowest BCUT2D eigenvalue weighted by Gasteiger charge is -2.11. The maximum atomic E-state index is 12.6.